The van der Waals surface area contributed by atoms with Crippen molar-refractivity contribution in [3.63, 3.8) is 0 Å². The van der Waals surface area contributed by atoms with Crippen LogP contribution in [0.2, 0.25) is 0 Å². The molecular weight excluding hydrogens is 242 g/mol. The standard InChI is InChI=1S/C10H16BrN3/c11-9-6-13-14(7-9)10(8-12)4-2-1-3-5-10/h6-7H,1-5,8,12H2. The van der Waals surface area contributed by atoms with Crippen molar-refractivity contribution in [1.82, 2.24) is 9.78 Å². The minimum atomic E-state index is 0.0876. The molecule has 3 nitrogen and oxygen atoms in total. The van der Waals surface area contributed by atoms with Gasteiger partial charge in [0.25, 0.3) is 0 Å². The maximum atomic E-state index is 5.90. The summed E-state index contributed by atoms with van der Waals surface area (Å²) in [5.41, 5.74) is 5.99. The molecule has 1 saturated carbocycles. The molecule has 0 aromatic carbocycles. The molecule has 1 aromatic rings. The molecule has 2 rings (SSSR count). The van der Waals surface area contributed by atoms with Gasteiger partial charge in [0.15, 0.2) is 0 Å². The molecular formula is C10H16BrN3. The minimum Gasteiger partial charge on any atom is -0.328 e. The van der Waals surface area contributed by atoms with E-state index in [-0.39, 0.29) is 5.54 Å². The van der Waals surface area contributed by atoms with E-state index in [1.807, 2.05) is 12.4 Å². The van der Waals surface area contributed by atoms with Crippen molar-refractivity contribution in [3.8, 4) is 0 Å². The highest BCUT2D eigenvalue weighted by Gasteiger charge is 2.33. The minimum absolute atomic E-state index is 0.0876. The normalized spacial score (nSPS) is 21.0. The molecule has 78 valence electrons. The summed E-state index contributed by atoms with van der Waals surface area (Å²) in [5, 5.41) is 4.37. The molecule has 0 aliphatic heterocycles. The summed E-state index contributed by atoms with van der Waals surface area (Å²) in [6, 6.07) is 0. The molecule has 0 spiro atoms. The summed E-state index contributed by atoms with van der Waals surface area (Å²) in [7, 11) is 0. The maximum absolute atomic E-state index is 5.90. The molecule has 0 unspecified atom stereocenters. The lowest BCUT2D eigenvalue weighted by Crippen LogP contribution is -2.43. The summed E-state index contributed by atoms with van der Waals surface area (Å²) in [6.07, 6.45) is 10.1. The van der Waals surface area contributed by atoms with Gasteiger partial charge in [-0.25, -0.2) is 0 Å². The van der Waals surface area contributed by atoms with Crippen molar-refractivity contribution in [1.29, 1.82) is 0 Å². The fraction of sp³-hybridized carbons (Fsp3) is 0.700. The van der Waals surface area contributed by atoms with Gasteiger partial charge >= 0.3 is 0 Å². The van der Waals surface area contributed by atoms with Crippen LogP contribution >= 0.6 is 15.9 Å². The van der Waals surface area contributed by atoms with Crippen LogP contribution in [0.1, 0.15) is 32.1 Å². The van der Waals surface area contributed by atoms with Gasteiger partial charge in [-0.2, -0.15) is 5.10 Å². The molecule has 1 fully saturated rings. The van der Waals surface area contributed by atoms with Crippen molar-refractivity contribution in [2.45, 2.75) is 37.6 Å². The van der Waals surface area contributed by atoms with Crippen molar-refractivity contribution in [2.24, 2.45) is 5.73 Å². The molecule has 0 saturated heterocycles. The molecule has 1 aliphatic carbocycles. The van der Waals surface area contributed by atoms with Crippen LogP contribution in [0.4, 0.5) is 0 Å². The van der Waals surface area contributed by atoms with Crippen LogP contribution in [-0.4, -0.2) is 16.3 Å². The third kappa shape index (κ3) is 1.73. The van der Waals surface area contributed by atoms with Crippen LogP contribution in [-0.2, 0) is 5.54 Å². The zero-order chi connectivity index (χ0) is 10.0. The third-order valence-corrected chi connectivity index (χ3v) is 3.61. The second-order valence-electron chi connectivity index (χ2n) is 4.09. The third-order valence-electron chi connectivity index (χ3n) is 3.20. The van der Waals surface area contributed by atoms with E-state index in [2.05, 4.69) is 25.7 Å². The van der Waals surface area contributed by atoms with Gasteiger partial charge in [-0.15, -0.1) is 0 Å². The quantitative estimate of drug-likeness (QED) is 0.884. The van der Waals surface area contributed by atoms with E-state index in [4.69, 9.17) is 5.73 Å². The number of nitrogens with two attached hydrogens (primary N) is 1. The number of hydrogen-bond acceptors (Lipinski definition) is 2. The van der Waals surface area contributed by atoms with E-state index in [9.17, 15) is 0 Å². The molecule has 1 heterocycles. The Balaban J connectivity index is 2.26. The Morgan fingerprint density at radius 3 is 2.64 bits per heavy atom. The number of aromatic nitrogens is 2. The summed E-state index contributed by atoms with van der Waals surface area (Å²) >= 11 is 3.43. The highest BCUT2D eigenvalue weighted by molar-refractivity contribution is 9.10. The van der Waals surface area contributed by atoms with Crippen molar-refractivity contribution >= 4 is 15.9 Å². The van der Waals surface area contributed by atoms with Crippen LogP contribution < -0.4 is 5.73 Å². The predicted octanol–water partition coefficient (Wildman–Crippen LogP) is 2.26. The average molecular weight is 258 g/mol. The van der Waals surface area contributed by atoms with Gasteiger partial charge in [-0.05, 0) is 28.8 Å². The molecule has 0 amide bonds. The number of rotatable bonds is 2. The number of hydrogen-bond donors (Lipinski definition) is 1. The molecule has 1 aliphatic rings. The van der Waals surface area contributed by atoms with E-state index >= 15 is 0 Å². The van der Waals surface area contributed by atoms with Gasteiger partial charge in [-0.3, -0.25) is 4.68 Å². The van der Waals surface area contributed by atoms with Gasteiger partial charge in [0.1, 0.15) is 0 Å². The topological polar surface area (TPSA) is 43.8 Å². The summed E-state index contributed by atoms with van der Waals surface area (Å²) < 4.78 is 3.09. The maximum Gasteiger partial charge on any atom is 0.0749 e. The molecule has 0 radical (unpaired) electrons. The largest absolute Gasteiger partial charge is 0.328 e. The van der Waals surface area contributed by atoms with Crippen LogP contribution in [0.15, 0.2) is 16.9 Å². The molecule has 2 N–H and O–H groups in total. The smallest absolute Gasteiger partial charge is 0.0749 e. The highest BCUT2D eigenvalue weighted by atomic mass is 79.9. The molecule has 0 bridgehead atoms. The molecule has 0 atom stereocenters. The zero-order valence-corrected chi connectivity index (χ0v) is 9.83. The zero-order valence-electron chi connectivity index (χ0n) is 8.25. The lowest BCUT2D eigenvalue weighted by atomic mass is 9.82. The second kappa shape index (κ2) is 4.03. The fourth-order valence-corrected chi connectivity index (χ4v) is 2.58. The molecule has 4 heteroatoms. The van der Waals surface area contributed by atoms with Gasteiger partial charge in [-0.1, -0.05) is 19.3 Å². The van der Waals surface area contributed by atoms with Crippen LogP contribution in [0, 0.1) is 0 Å². The average Bonchev–Trinajstić information content (AvgIpc) is 2.66. The number of halogens is 1. The number of nitrogens with zero attached hydrogens (tertiary/aromatic N) is 2. The first kappa shape index (κ1) is 10.2. The Hall–Kier alpha value is -0.350. The van der Waals surface area contributed by atoms with E-state index in [0.717, 1.165) is 17.3 Å². The first-order valence-electron chi connectivity index (χ1n) is 5.18. The SMILES string of the molecule is NCC1(n2cc(Br)cn2)CCCCC1. The van der Waals surface area contributed by atoms with Crippen molar-refractivity contribution in [2.75, 3.05) is 6.54 Å². The van der Waals surface area contributed by atoms with Crippen LogP contribution in [0.25, 0.3) is 0 Å². The van der Waals surface area contributed by atoms with Crippen LogP contribution in [0.3, 0.4) is 0 Å². The molecule has 1 aromatic heterocycles. The van der Waals surface area contributed by atoms with Gasteiger partial charge < -0.3 is 5.73 Å². The van der Waals surface area contributed by atoms with E-state index in [1.165, 1.54) is 19.3 Å². The van der Waals surface area contributed by atoms with Crippen molar-refractivity contribution < 1.29 is 0 Å². The Morgan fingerprint density at radius 1 is 1.43 bits per heavy atom. The Bertz CT molecular complexity index is 302. The lowest BCUT2D eigenvalue weighted by molar-refractivity contribution is 0.182. The summed E-state index contributed by atoms with van der Waals surface area (Å²) in [4.78, 5) is 0. The highest BCUT2D eigenvalue weighted by Crippen LogP contribution is 2.34. The lowest BCUT2D eigenvalue weighted by Gasteiger charge is -2.36. The van der Waals surface area contributed by atoms with Crippen LogP contribution in [0.5, 0.6) is 0 Å². The fourth-order valence-electron chi connectivity index (χ4n) is 2.30. The van der Waals surface area contributed by atoms with Gasteiger partial charge in [0, 0.05) is 12.7 Å². The van der Waals surface area contributed by atoms with Gasteiger partial charge in [0.2, 0.25) is 0 Å². The Kier molecular flexibility index (Phi) is 2.93. The Morgan fingerprint density at radius 2 is 2.14 bits per heavy atom. The van der Waals surface area contributed by atoms with Gasteiger partial charge in [0.05, 0.1) is 16.2 Å². The first-order chi connectivity index (χ1) is 6.77. The van der Waals surface area contributed by atoms with E-state index in [1.54, 1.807) is 0 Å². The van der Waals surface area contributed by atoms with E-state index < -0.39 is 0 Å². The molecule has 14 heavy (non-hydrogen) atoms. The monoisotopic (exact) mass is 257 g/mol. The summed E-state index contributed by atoms with van der Waals surface area (Å²) in [5.74, 6) is 0. The summed E-state index contributed by atoms with van der Waals surface area (Å²) in [6.45, 7) is 0.696. The predicted molar refractivity (Wildman–Crippen MR) is 60.0 cm³/mol. The van der Waals surface area contributed by atoms with Crippen molar-refractivity contribution in [3.05, 3.63) is 16.9 Å². The first-order valence-corrected chi connectivity index (χ1v) is 5.97. The second-order valence-corrected chi connectivity index (χ2v) is 5.01. The Labute approximate surface area is 92.8 Å². The van der Waals surface area contributed by atoms with E-state index in [0.29, 0.717) is 6.54 Å².